The van der Waals surface area contributed by atoms with Gasteiger partial charge in [-0.2, -0.15) is 0 Å². The second-order valence-electron chi connectivity index (χ2n) is 5.31. The van der Waals surface area contributed by atoms with Gasteiger partial charge in [0.2, 0.25) is 0 Å². The van der Waals surface area contributed by atoms with E-state index in [0.717, 1.165) is 24.8 Å². The molecule has 0 aliphatic heterocycles. The van der Waals surface area contributed by atoms with Gasteiger partial charge < -0.3 is 20.2 Å². The second-order valence-corrected chi connectivity index (χ2v) is 5.31. The minimum atomic E-state index is -0.813. The third-order valence-electron chi connectivity index (χ3n) is 3.88. The normalized spacial score (nSPS) is 17.4. The molecule has 6 nitrogen and oxygen atoms in total. The largest absolute Gasteiger partial charge is 0.481 e. The molecule has 20 heavy (non-hydrogen) atoms. The molecule has 0 bridgehead atoms. The number of hydrogen-bond acceptors (Lipinski definition) is 3. The number of aliphatic carboxylic acids is 1. The van der Waals surface area contributed by atoms with Gasteiger partial charge in [-0.15, -0.1) is 0 Å². The van der Waals surface area contributed by atoms with Gasteiger partial charge in [-0.1, -0.05) is 19.3 Å². The second kappa shape index (κ2) is 6.45. The Morgan fingerprint density at radius 1 is 1.25 bits per heavy atom. The third-order valence-corrected chi connectivity index (χ3v) is 3.88. The van der Waals surface area contributed by atoms with E-state index in [4.69, 9.17) is 4.42 Å². The Hall–Kier alpha value is -1.98. The van der Waals surface area contributed by atoms with Crippen LogP contribution in [0.3, 0.4) is 0 Å². The fourth-order valence-electron chi connectivity index (χ4n) is 2.58. The maximum Gasteiger partial charge on any atom is 0.315 e. The van der Waals surface area contributed by atoms with Gasteiger partial charge in [0.25, 0.3) is 0 Å². The maximum absolute atomic E-state index is 11.7. The van der Waals surface area contributed by atoms with Crippen molar-refractivity contribution in [2.24, 2.45) is 5.41 Å². The molecule has 0 unspecified atom stereocenters. The van der Waals surface area contributed by atoms with E-state index in [9.17, 15) is 14.7 Å². The fraction of sp³-hybridized carbons (Fsp3) is 0.571. The number of carboxylic acids is 1. The number of hydrogen-bond donors (Lipinski definition) is 3. The van der Waals surface area contributed by atoms with Crippen molar-refractivity contribution < 1.29 is 19.1 Å². The van der Waals surface area contributed by atoms with Crippen molar-refractivity contribution in [3.8, 4) is 0 Å². The van der Waals surface area contributed by atoms with E-state index in [2.05, 4.69) is 10.6 Å². The number of amides is 2. The first kappa shape index (κ1) is 14.4. The van der Waals surface area contributed by atoms with Crippen LogP contribution in [0.2, 0.25) is 0 Å². The minimum Gasteiger partial charge on any atom is -0.481 e. The Bertz CT molecular complexity index is 450. The van der Waals surface area contributed by atoms with Gasteiger partial charge in [-0.05, 0) is 18.9 Å². The average Bonchev–Trinajstić information content (AvgIpc) is 2.97. The topological polar surface area (TPSA) is 91.6 Å². The highest BCUT2D eigenvalue weighted by molar-refractivity contribution is 5.78. The summed E-state index contributed by atoms with van der Waals surface area (Å²) in [7, 11) is 0. The molecule has 0 saturated heterocycles. The van der Waals surface area contributed by atoms with Crippen LogP contribution in [0, 0.1) is 5.41 Å². The van der Waals surface area contributed by atoms with Crippen molar-refractivity contribution in [2.45, 2.75) is 38.6 Å². The highest BCUT2D eigenvalue weighted by Gasteiger charge is 2.39. The number of furan rings is 1. The van der Waals surface area contributed by atoms with Crippen molar-refractivity contribution in [3.63, 3.8) is 0 Å². The zero-order valence-electron chi connectivity index (χ0n) is 11.4. The summed E-state index contributed by atoms with van der Waals surface area (Å²) < 4.78 is 4.90. The third kappa shape index (κ3) is 3.53. The van der Waals surface area contributed by atoms with E-state index in [1.54, 1.807) is 12.3 Å². The summed E-state index contributed by atoms with van der Waals surface area (Å²) >= 11 is 0. The molecule has 0 spiro atoms. The molecule has 1 saturated carbocycles. The fourth-order valence-corrected chi connectivity index (χ4v) is 2.58. The molecule has 1 fully saturated rings. The minimum absolute atomic E-state index is 0.180. The number of carbonyl (C=O) groups excluding carboxylic acids is 1. The van der Waals surface area contributed by atoms with Crippen LogP contribution >= 0.6 is 0 Å². The van der Waals surface area contributed by atoms with Gasteiger partial charge in [0.1, 0.15) is 0 Å². The van der Waals surface area contributed by atoms with Crippen LogP contribution in [0.1, 0.15) is 37.7 Å². The van der Waals surface area contributed by atoms with Gasteiger partial charge in [-0.25, -0.2) is 4.79 Å². The number of urea groups is 1. The predicted molar refractivity (Wildman–Crippen MR) is 72.1 cm³/mol. The van der Waals surface area contributed by atoms with Gasteiger partial charge in [-0.3, -0.25) is 4.79 Å². The van der Waals surface area contributed by atoms with Crippen molar-refractivity contribution >= 4 is 12.0 Å². The Morgan fingerprint density at radius 2 is 2.00 bits per heavy atom. The monoisotopic (exact) mass is 280 g/mol. The van der Waals surface area contributed by atoms with E-state index < -0.39 is 11.4 Å². The molecule has 6 heteroatoms. The van der Waals surface area contributed by atoms with Crippen LogP contribution in [0.15, 0.2) is 23.0 Å². The summed E-state index contributed by atoms with van der Waals surface area (Å²) in [6.07, 6.45) is 7.24. The molecule has 3 N–H and O–H groups in total. The van der Waals surface area contributed by atoms with Crippen LogP contribution < -0.4 is 10.6 Å². The van der Waals surface area contributed by atoms with Crippen molar-refractivity contribution in [3.05, 3.63) is 24.2 Å². The Morgan fingerprint density at radius 3 is 2.60 bits per heavy atom. The lowest BCUT2D eigenvalue weighted by atomic mass is 9.74. The van der Waals surface area contributed by atoms with Gasteiger partial charge in [0.05, 0.1) is 17.9 Å². The molecule has 0 atom stereocenters. The number of nitrogens with one attached hydrogen (secondary N) is 2. The van der Waals surface area contributed by atoms with Crippen LogP contribution in [0.4, 0.5) is 4.79 Å². The van der Waals surface area contributed by atoms with E-state index in [0.29, 0.717) is 19.4 Å². The number of carboxylic acid groups (broad SMARTS) is 1. The molecule has 2 rings (SSSR count). The first-order valence-corrected chi connectivity index (χ1v) is 6.89. The molecule has 1 heterocycles. The molecule has 0 aromatic carbocycles. The van der Waals surface area contributed by atoms with Crippen molar-refractivity contribution in [1.82, 2.24) is 10.6 Å². The SMILES string of the molecule is O=C(NCc1ccoc1)NCC1(C(=O)O)CCCCC1. The summed E-state index contributed by atoms with van der Waals surface area (Å²) in [4.78, 5) is 23.1. The van der Waals surface area contributed by atoms with Crippen LogP contribution in [0.25, 0.3) is 0 Å². The lowest BCUT2D eigenvalue weighted by molar-refractivity contribution is -0.150. The first-order valence-electron chi connectivity index (χ1n) is 6.89. The van der Waals surface area contributed by atoms with Crippen molar-refractivity contribution in [2.75, 3.05) is 6.54 Å². The average molecular weight is 280 g/mol. The molecule has 1 aromatic rings. The predicted octanol–water partition coefficient (Wildman–Crippen LogP) is 2.11. The van der Waals surface area contributed by atoms with E-state index >= 15 is 0 Å². The number of rotatable bonds is 5. The molecule has 2 amide bonds. The number of carbonyl (C=O) groups is 2. The summed E-state index contributed by atoms with van der Waals surface area (Å²) in [5.41, 5.74) is 0.0661. The standard InChI is InChI=1S/C14H20N2O4/c17-12(18)14(5-2-1-3-6-14)10-16-13(19)15-8-11-4-7-20-9-11/h4,7,9H,1-3,5-6,8,10H2,(H,17,18)(H2,15,16,19). The van der Waals surface area contributed by atoms with Gasteiger partial charge in [0.15, 0.2) is 0 Å². The molecule has 0 radical (unpaired) electrons. The van der Waals surface area contributed by atoms with Crippen LogP contribution in [0.5, 0.6) is 0 Å². The Balaban J connectivity index is 1.80. The van der Waals surface area contributed by atoms with E-state index in [1.807, 2.05) is 0 Å². The van der Waals surface area contributed by atoms with Crippen LogP contribution in [-0.2, 0) is 11.3 Å². The first-order chi connectivity index (χ1) is 9.62. The summed E-state index contributed by atoms with van der Waals surface area (Å²) in [5, 5.41) is 14.8. The molecule has 1 aliphatic rings. The van der Waals surface area contributed by atoms with Crippen LogP contribution in [-0.4, -0.2) is 23.7 Å². The Kier molecular flexibility index (Phi) is 4.65. The highest BCUT2D eigenvalue weighted by atomic mass is 16.4. The summed E-state index contributed by atoms with van der Waals surface area (Å²) in [6, 6.07) is 1.41. The van der Waals surface area contributed by atoms with Gasteiger partial charge >= 0.3 is 12.0 Å². The van der Waals surface area contributed by atoms with Crippen molar-refractivity contribution in [1.29, 1.82) is 0 Å². The zero-order valence-corrected chi connectivity index (χ0v) is 11.4. The molecule has 1 aromatic heterocycles. The van der Waals surface area contributed by atoms with E-state index in [1.165, 1.54) is 6.26 Å². The Labute approximate surface area is 117 Å². The molecule has 1 aliphatic carbocycles. The highest BCUT2D eigenvalue weighted by Crippen LogP contribution is 2.35. The molecular formula is C14H20N2O4. The lowest BCUT2D eigenvalue weighted by Gasteiger charge is -2.33. The zero-order chi connectivity index (χ0) is 14.4. The maximum atomic E-state index is 11.7. The molecular weight excluding hydrogens is 260 g/mol. The summed E-state index contributed by atoms with van der Waals surface area (Å²) in [6.45, 7) is 0.544. The smallest absolute Gasteiger partial charge is 0.315 e. The lowest BCUT2D eigenvalue weighted by Crippen LogP contribution is -2.47. The molecule has 110 valence electrons. The van der Waals surface area contributed by atoms with E-state index in [-0.39, 0.29) is 12.6 Å². The summed E-state index contributed by atoms with van der Waals surface area (Å²) in [5.74, 6) is -0.813. The van der Waals surface area contributed by atoms with Gasteiger partial charge in [0, 0.05) is 18.7 Å². The quantitative estimate of drug-likeness (QED) is 0.770.